The van der Waals surface area contributed by atoms with E-state index in [1.165, 1.54) is 118 Å². The van der Waals surface area contributed by atoms with E-state index in [-0.39, 0.29) is 39.2 Å². The van der Waals surface area contributed by atoms with Gasteiger partial charge in [0.1, 0.15) is 24.7 Å². The fraction of sp³-hybridized carbons (Fsp3) is 0.308. The van der Waals surface area contributed by atoms with Gasteiger partial charge in [-0.15, -0.1) is 17.5 Å². The number of carbonyl (C=O) groups is 1. The Morgan fingerprint density at radius 3 is 1.59 bits per heavy atom. The Labute approximate surface area is 573 Å². The summed E-state index contributed by atoms with van der Waals surface area (Å²) in [4.78, 5) is 31.8. The number of para-hydroxylation sites is 6. The van der Waals surface area contributed by atoms with Gasteiger partial charge in [0.25, 0.3) is 6.47 Å². The molecule has 7 aromatic rings. The molecule has 16 rings (SSSR count). The minimum Gasteiger partial charge on any atom is -0.483 e. The van der Waals surface area contributed by atoms with Crippen molar-refractivity contribution in [2.75, 3.05) is 78.9 Å². The first kappa shape index (κ1) is 68.0. The van der Waals surface area contributed by atoms with Crippen molar-refractivity contribution in [3.05, 3.63) is 250 Å². The van der Waals surface area contributed by atoms with Gasteiger partial charge in [-0.2, -0.15) is 24.3 Å². The maximum Gasteiger partial charge on any atom is 0.290 e. The number of hydrogen-bond acceptors (Lipinski definition) is 12. The number of methoxy groups -OCH3 is 1. The maximum absolute atomic E-state index is 8.36. The Bertz CT molecular complexity index is 4000. The van der Waals surface area contributed by atoms with Gasteiger partial charge in [-0.3, -0.25) is 4.79 Å². The molecule has 477 valence electrons. The number of allylic oxidation sites excluding steroid dienone is 3. The summed E-state index contributed by atoms with van der Waals surface area (Å²) >= 11 is 0. The average Bonchev–Trinajstić information content (AvgIpc) is 1.49. The van der Waals surface area contributed by atoms with Gasteiger partial charge >= 0.3 is 0 Å². The van der Waals surface area contributed by atoms with Crippen LogP contribution in [0.2, 0.25) is 0 Å². The molecule has 0 aromatic heterocycles. The monoisotopic (exact) mass is 1310 g/mol. The average molecular weight is 1310 g/mol. The van der Waals surface area contributed by atoms with Crippen LogP contribution in [0.4, 0.5) is 39.8 Å². The largest absolute Gasteiger partial charge is 0.483 e. The predicted molar refractivity (Wildman–Crippen MR) is 380 cm³/mol. The number of nitrogens with zero attached hydrogens (tertiary/aromatic N) is 10. The van der Waals surface area contributed by atoms with Crippen molar-refractivity contribution in [3.8, 4) is 11.1 Å². The number of anilines is 7. The normalized spacial score (nSPS) is 19.5. The van der Waals surface area contributed by atoms with E-state index in [1.807, 2.05) is 12.1 Å². The van der Waals surface area contributed by atoms with Crippen molar-refractivity contribution < 1.29 is 47.3 Å². The van der Waals surface area contributed by atoms with Crippen LogP contribution in [0.1, 0.15) is 90.3 Å². The quantitative estimate of drug-likeness (QED) is 0.125. The molecule has 5 unspecified atom stereocenters. The third-order valence-corrected chi connectivity index (χ3v) is 19.1. The molecule has 0 spiro atoms. The molecule has 9 heterocycles. The molecule has 0 fully saturated rings. The summed E-state index contributed by atoms with van der Waals surface area (Å²) in [5.41, 5.74) is 30.9. The van der Waals surface area contributed by atoms with E-state index < -0.39 is 0 Å². The van der Waals surface area contributed by atoms with Crippen LogP contribution >= 0.6 is 0 Å². The molecule has 9 aliphatic rings. The van der Waals surface area contributed by atoms with Crippen LogP contribution in [-0.4, -0.2) is 111 Å². The molecule has 0 saturated carbocycles. The van der Waals surface area contributed by atoms with Crippen molar-refractivity contribution in [1.29, 1.82) is 0 Å². The predicted octanol–water partition coefficient (Wildman–Crippen LogP) is 15.9. The second-order valence-electron chi connectivity index (χ2n) is 25.0. The van der Waals surface area contributed by atoms with Gasteiger partial charge in [0.15, 0.2) is 0 Å². The van der Waals surface area contributed by atoms with Crippen LogP contribution in [0.3, 0.4) is 0 Å². The molecule has 1 N–H and O–H groups in total. The van der Waals surface area contributed by atoms with E-state index >= 15 is 0 Å². The van der Waals surface area contributed by atoms with Crippen molar-refractivity contribution in [1.82, 2.24) is 19.6 Å². The maximum atomic E-state index is 8.36. The number of rotatable bonds is 1. The summed E-state index contributed by atoms with van der Waals surface area (Å²) in [6, 6.07) is 51.1. The molecule has 7 aromatic carbocycles. The van der Waals surface area contributed by atoms with Gasteiger partial charge in [0, 0.05) is 135 Å². The first-order valence-corrected chi connectivity index (χ1v) is 31.6. The molecule has 13 nitrogen and oxygen atoms in total. The van der Waals surface area contributed by atoms with Crippen LogP contribution in [0, 0.1) is 47.6 Å². The van der Waals surface area contributed by atoms with Gasteiger partial charge < -0.3 is 58.8 Å². The van der Waals surface area contributed by atoms with Crippen LogP contribution in [0.25, 0.3) is 22.9 Å². The number of benzene rings is 7. The first-order chi connectivity index (χ1) is 43.7. The minimum atomic E-state index is -0.250. The van der Waals surface area contributed by atoms with E-state index in [0.29, 0.717) is 30.8 Å². The van der Waals surface area contributed by atoms with E-state index in [4.69, 9.17) is 9.90 Å². The Kier molecular flexibility index (Phi) is 21.2. The molecular weight excluding hydrogens is 1210 g/mol. The van der Waals surface area contributed by atoms with Gasteiger partial charge in [-0.05, 0) is 132 Å². The Balaban J connectivity index is 0.000000133. The minimum absolute atomic E-state index is 0. The second kappa shape index (κ2) is 28.7. The van der Waals surface area contributed by atoms with Crippen LogP contribution in [0.15, 0.2) is 181 Å². The number of aryl methyl sites for hydroxylation is 5. The number of ether oxygens (including phenoxy) is 1. The zero-order chi connectivity index (χ0) is 65.3. The smallest absolute Gasteiger partial charge is 0.290 e. The van der Waals surface area contributed by atoms with E-state index in [0.717, 1.165) is 24.2 Å². The van der Waals surface area contributed by atoms with Gasteiger partial charge in [0.2, 0.25) is 0 Å². The fourth-order valence-electron chi connectivity index (χ4n) is 14.1. The third-order valence-electron chi connectivity index (χ3n) is 19.1. The molecule has 92 heavy (non-hydrogen) atoms. The Morgan fingerprint density at radius 2 is 0.957 bits per heavy atom. The second-order valence-corrected chi connectivity index (χ2v) is 25.0. The van der Waals surface area contributed by atoms with Crippen LogP contribution in [-0.2, 0) is 55.1 Å². The summed E-state index contributed by atoms with van der Waals surface area (Å²) in [6.07, 6.45) is 17.3. The zero-order valence-corrected chi connectivity index (χ0v) is 59.9. The SMILES string of the molecule is COC.Cc1cccc2c1N1C(=CN(C)C1C)C2.Cc1cccc2c1N1C(=CN(C)C1C)C=C2.Cc1cccc2c1N1C(=CN(C)C1C)c1ccccc1-2.Cc1cccc2c1N1c3c(cccc3N(C)C1C)C2.O=CO.[CH2-]C1=CN(C)C(C)N1c1[c-]cccc1C.[Y]. The Hall–Kier alpha value is -8.36. The number of fused-ring (bicyclic) bond motifs is 14. The standard InChI is InChI=1S/C18H18N2.C17H18N2.C14H16N2.2C13H16N2.C2H6O.CH2O2.Y/c1-12-7-6-10-16-14-8-4-5-9-15(14)17-11-19(3)13(2)20(17)18(12)16;1-11-6-4-7-13-10-14-8-5-9-15-17(14)19(16(11)13)12(2)18(15)3;1-10-5-4-6-12-7-8-13-9-15(3)11(2)16(13)14(10)12;1-9-5-4-6-11-7-12-8-14(3)10(2)15(12)13(9)11;1-10-7-5-6-8-13(10)15-11(2)9-14(4)12(15)3;1-3-2;2-1-3;/h4-11,13H,1-3H3;4-9,12H,10H2,1-3H3;4-9,11H,1-3H3;4-6,8,10H,7H2,1-3H3;5-7,9,12H,2H2,1,3-4H3;1-2H3;1H,(H,2,3);/q;;;;-2;;;. The summed E-state index contributed by atoms with van der Waals surface area (Å²) in [5.74, 6) is 0. The molecule has 9 aliphatic heterocycles. The fourth-order valence-corrected chi connectivity index (χ4v) is 14.1. The topological polar surface area (TPSA) is 78.9 Å². The molecule has 0 bridgehead atoms. The molecule has 1 radical (unpaired) electrons. The summed E-state index contributed by atoms with van der Waals surface area (Å²) < 4.78 is 4.25. The van der Waals surface area contributed by atoms with Gasteiger partial charge in [-0.25, -0.2) is 6.92 Å². The number of carboxylic acid groups (broad SMARTS) is 1. The summed E-state index contributed by atoms with van der Waals surface area (Å²) in [5, 5.41) is 6.89. The molecule has 0 amide bonds. The van der Waals surface area contributed by atoms with E-state index in [2.05, 4.69) is 329 Å². The van der Waals surface area contributed by atoms with Gasteiger partial charge in [0.05, 0.1) is 40.3 Å². The van der Waals surface area contributed by atoms with Crippen molar-refractivity contribution >= 4 is 58.1 Å². The molecule has 0 saturated heterocycles. The molecule has 0 aliphatic carbocycles. The van der Waals surface area contributed by atoms with Crippen molar-refractivity contribution in [2.45, 2.75) is 113 Å². The summed E-state index contributed by atoms with van der Waals surface area (Å²) in [6.45, 7) is 25.9. The molecule has 5 atom stereocenters. The van der Waals surface area contributed by atoms with E-state index in [1.54, 1.807) is 14.2 Å². The van der Waals surface area contributed by atoms with Crippen LogP contribution in [0.5, 0.6) is 0 Å². The Morgan fingerprint density at radius 1 is 0.478 bits per heavy atom. The number of hydrogen-bond donors (Lipinski definition) is 1. The van der Waals surface area contributed by atoms with Gasteiger partial charge in [-0.1, -0.05) is 128 Å². The van der Waals surface area contributed by atoms with E-state index in [9.17, 15) is 0 Å². The van der Waals surface area contributed by atoms with Crippen molar-refractivity contribution in [3.63, 3.8) is 0 Å². The molecular formula is C78H92N10O3Y-2. The zero-order valence-electron chi connectivity index (χ0n) is 57.1. The third kappa shape index (κ3) is 12.7. The van der Waals surface area contributed by atoms with Crippen molar-refractivity contribution in [2.24, 2.45) is 0 Å². The summed E-state index contributed by atoms with van der Waals surface area (Å²) in [7, 11) is 13.9. The van der Waals surface area contributed by atoms with Crippen LogP contribution < -0.4 is 29.4 Å². The first-order valence-electron chi connectivity index (χ1n) is 31.6. The molecule has 14 heteroatoms.